The summed E-state index contributed by atoms with van der Waals surface area (Å²) in [5, 5.41) is 3.63. The molecule has 0 spiro atoms. The molecule has 40 heavy (non-hydrogen) atoms. The lowest BCUT2D eigenvalue weighted by atomic mass is 10.1. The number of hydrogen-bond acceptors (Lipinski definition) is 4. The van der Waals surface area contributed by atoms with Gasteiger partial charge in [0.25, 0.3) is 10.0 Å². The first-order valence-corrected chi connectivity index (χ1v) is 15.1. The fourth-order valence-corrected chi connectivity index (χ4v) is 6.17. The second-order valence-electron chi connectivity index (χ2n) is 10.1. The largest absolute Gasteiger partial charge is 0.350 e. The molecule has 0 bridgehead atoms. The maximum Gasteiger partial charge on any atom is 0.264 e. The van der Waals surface area contributed by atoms with Gasteiger partial charge >= 0.3 is 0 Å². The van der Waals surface area contributed by atoms with Crippen molar-refractivity contribution in [2.45, 2.75) is 50.7 Å². The molecule has 0 aliphatic carbocycles. The van der Waals surface area contributed by atoms with Gasteiger partial charge in [0, 0.05) is 22.1 Å². The standard InChI is InChI=1S/C28H29Cl4N3O4S/c1-18(27(37)33-28(2,3)4)34(16-19-13-14-20(29)15-23(19)31)25(36)17-35(24-12-8-11-22(30)26(24)32)40(38,39)21-9-6-5-7-10-21/h5-15,18H,16-17H2,1-4H3,(H,33,37). The summed E-state index contributed by atoms with van der Waals surface area (Å²) in [5.74, 6) is -1.10. The van der Waals surface area contributed by atoms with Crippen molar-refractivity contribution in [3.63, 3.8) is 0 Å². The summed E-state index contributed by atoms with van der Waals surface area (Å²) in [7, 11) is -4.28. The van der Waals surface area contributed by atoms with Gasteiger partial charge in [-0.2, -0.15) is 0 Å². The number of halogens is 4. The third-order valence-electron chi connectivity index (χ3n) is 5.83. The van der Waals surface area contributed by atoms with E-state index in [4.69, 9.17) is 46.4 Å². The highest BCUT2D eigenvalue weighted by Crippen LogP contribution is 2.35. The zero-order valence-corrected chi connectivity index (χ0v) is 26.1. The molecule has 0 aliphatic heterocycles. The summed E-state index contributed by atoms with van der Waals surface area (Å²) in [6.45, 7) is 6.25. The summed E-state index contributed by atoms with van der Waals surface area (Å²) < 4.78 is 28.6. The lowest BCUT2D eigenvalue weighted by Crippen LogP contribution is -2.54. The van der Waals surface area contributed by atoms with Gasteiger partial charge in [0.1, 0.15) is 12.6 Å². The summed E-state index contributed by atoms with van der Waals surface area (Å²) in [5.41, 5.74) is -0.0367. The fourth-order valence-electron chi connectivity index (χ4n) is 3.81. The van der Waals surface area contributed by atoms with Crippen molar-refractivity contribution in [1.29, 1.82) is 0 Å². The number of carbonyl (C=O) groups is 2. The molecular weight excluding hydrogens is 616 g/mol. The van der Waals surface area contributed by atoms with E-state index in [0.29, 0.717) is 15.6 Å². The molecule has 0 heterocycles. The topological polar surface area (TPSA) is 86.8 Å². The first kappa shape index (κ1) is 32.0. The molecule has 214 valence electrons. The molecule has 1 N–H and O–H groups in total. The highest BCUT2D eigenvalue weighted by molar-refractivity contribution is 7.92. The van der Waals surface area contributed by atoms with Gasteiger partial charge in [0.2, 0.25) is 11.8 Å². The van der Waals surface area contributed by atoms with Gasteiger partial charge in [-0.1, -0.05) is 76.7 Å². The molecule has 1 unspecified atom stereocenters. The minimum absolute atomic E-state index is 0.0163. The first-order valence-electron chi connectivity index (χ1n) is 12.2. The smallest absolute Gasteiger partial charge is 0.264 e. The second-order valence-corrected chi connectivity index (χ2v) is 13.6. The molecular formula is C28H29Cl4N3O4S. The van der Waals surface area contributed by atoms with Crippen LogP contribution in [0.25, 0.3) is 0 Å². The van der Waals surface area contributed by atoms with Gasteiger partial charge in [-0.3, -0.25) is 13.9 Å². The third-order valence-corrected chi connectivity index (χ3v) is 9.00. The minimum atomic E-state index is -4.28. The average Bonchev–Trinajstić information content (AvgIpc) is 2.87. The Hall–Kier alpha value is -2.49. The highest BCUT2D eigenvalue weighted by Gasteiger charge is 2.34. The van der Waals surface area contributed by atoms with Crippen molar-refractivity contribution in [3.8, 4) is 0 Å². The van der Waals surface area contributed by atoms with E-state index in [9.17, 15) is 18.0 Å². The summed E-state index contributed by atoms with van der Waals surface area (Å²) in [6, 6.07) is 15.9. The van der Waals surface area contributed by atoms with Crippen LogP contribution in [0.2, 0.25) is 20.1 Å². The average molecular weight is 645 g/mol. The van der Waals surface area contributed by atoms with Crippen molar-refractivity contribution in [2.75, 3.05) is 10.8 Å². The Morgan fingerprint density at radius 2 is 1.55 bits per heavy atom. The Bertz CT molecular complexity index is 1500. The Labute approximate surface area is 255 Å². The number of sulfonamides is 1. The highest BCUT2D eigenvalue weighted by atomic mass is 35.5. The molecule has 0 aliphatic rings. The van der Waals surface area contributed by atoms with Gasteiger partial charge in [0.15, 0.2) is 0 Å². The Kier molecular flexibility index (Phi) is 10.4. The Balaban J connectivity index is 2.09. The van der Waals surface area contributed by atoms with Gasteiger partial charge in [-0.05, 0) is 69.7 Å². The van der Waals surface area contributed by atoms with Gasteiger partial charge in [0.05, 0.1) is 20.6 Å². The quantitative estimate of drug-likeness (QED) is 0.277. The van der Waals surface area contributed by atoms with Crippen LogP contribution in [0, 0.1) is 0 Å². The van der Waals surface area contributed by atoms with E-state index in [0.717, 1.165) is 4.31 Å². The van der Waals surface area contributed by atoms with Crippen LogP contribution in [0.4, 0.5) is 5.69 Å². The van der Waals surface area contributed by atoms with Crippen LogP contribution in [0.1, 0.15) is 33.3 Å². The number of hydrogen-bond donors (Lipinski definition) is 1. The molecule has 0 radical (unpaired) electrons. The van der Waals surface area contributed by atoms with E-state index >= 15 is 0 Å². The lowest BCUT2D eigenvalue weighted by Gasteiger charge is -2.34. The van der Waals surface area contributed by atoms with Crippen molar-refractivity contribution in [2.24, 2.45) is 0 Å². The van der Waals surface area contributed by atoms with Crippen LogP contribution >= 0.6 is 46.4 Å². The van der Waals surface area contributed by atoms with Crippen molar-refractivity contribution >= 4 is 73.9 Å². The predicted octanol–water partition coefficient (Wildman–Crippen LogP) is 6.83. The van der Waals surface area contributed by atoms with Gasteiger partial charge < -0.3 is 10.2 Å². The van der Waals surface area contributed by atoms with Crippen molar-refractivity contribution in [3.05, 3.63) is 92.4 Å². The SMILES string of the molecule is CC(C(=O)NC(C)(C)C)N(Cc1ccc(Cl)cc1Cl)C(=O)CN(c1cccc(Cl)c1Cl)S(=O)(=O)c1ccccc1. The molecule has 7 nitrogen and oxygen atoms in total. The summed E-state index contributed by atoms with van der Waals surface area (Å²) >= 11 is 25.1. The lowest BCUT2D eigenvalue weighted by molar-refractivity contribution is -0.140. The molecule has 0 fully saturated rings. The number of amides is 2. The Morgan fingerprint density at radius 1 is 0.900 bits per heavy atom. The zero-order valence-electron chi connectivity index (χ0n) is 22.3. The van der Waals surface area contributed by atoms with Crippen LogP contribution < -0.4 is 9.62 Å². The number of nitrogens with zero attached hydrogens (tertiary/aromatic N) is 2. The molecule has 3 aromatic rings. The monoisotopic (exact) mass is 643 g/mol. The number of rotatable bonds is 9. The van der Waals surface area contributed by atoms with Crippen LogP contribution in [-0.4, -0.2) is 43.3 Å². The molecule has 3 aromatic carbocycles. The predicted molar refractivity (Wildman–Crippen MR) is 162 cm³/mol. The van der Waals surface area contributed by atoms with Gasteiger partial charge in [-0.15, -0.1) is 0 Å². The van der Waals surface area contributed by atoms with Crippen LogP contribution in [0.5, 0.6) is 0 Å². The summed E-state index contributed by atoms with van der Waals surface area (Å²) in [4.78, 5) is 28.4. The number of benzene rings is 3. The molecule has 3 rings (SSSR count). The first-order chi connectivity index (χ1) is 18.6. The maximum absolute atomic E-state index is 14.0. The Morgan fingerprint density at radius 3 is 2.15 bits per heavy atom. The molecule has 12 heteroatoms. The minimum Gasteiger partial charge on any atom is -0.350 e. The van der Waals surface area contributed by atoms with E-state index in [2.05, 4.69) is 5.32 Å². The molecule has 2 amide bonds. The molecule has 1 atom stereocenters. The van der Waals surface area contributed by atoms with Crippen LogP contribution in [0.15, 0.2) is 71.6 Å². The number of anilines is 1. The molecule has 0 saturated heterocycles. The van der Waals surface area contributed by atoms with Crippen LogP contribution in [-0.2, 0) is 26.2 Å². The van der Waals surface area contributed by atoms with Crippen LogP contribution in [0.3, 0.4) is 0 Å². The van der Waals surface area contributed by atoms with E-state index in [1.807, 2.05) is 20.8 Å². The number of carbonyl (C=O) groups excluding carboxylic acids is 2. The summed E-state index contributed by atoms with van der Waals surface area (Å²) in [6.07, 6.45) is 0. The van der Waals surface area contributed by atoms with E-state index in [1.54, 1.807) is 37.3 Å². The van der Waals surface area contributed by atoms with Crippen molar-refractivity contribution in [1.82, 2.24) is 10.2 Å². The van der Waals surface area contributed by atoms with Crippen molar-refractivity contribution < 1.29 is 18.0 Å². The second kappa shape index (κ2) is 13.0. The number of nitrogens with one attached hydrogen (secondary N) is 1. The van der Waals surface area contributed by atoms with E-state index in [1.165, 1.54) is 41.3 Å². The molecule has 0 aromatic heterocycles. The third kappa shape index (κ3) is 7.83. The zero-order chi connectivity index (χ0) is 29.8. The van der Waals surface area contributed by atoms with E-state index < -0.39 is 40.0 Å². The maximum atomic E-state index is 14.0. The van der Waals surface area contributed by atoms with E-state index in [-0.39, 0.29) is 27.2 Å². The molecule has 0 saturated carbocycles. The fraction of sp³-hybridized carbons (Fsp3) is 0.286. The normalized spacial score (nSPS) is 12.5. The van der Waals surface area contributed by atoms with Gasteiger partial charge in [-0.25, -0.2) is 8.42 Å².